The molecule has 0 amide bonds. The molecular formula is C21H22ClN3O3S. The van der Waals surface area contributed by atoms with Gasteiger partial charge in [0.05, 0.1) is 4.90 Å². The average molecular weight is 432 g/mol. The van der Waals surface area contributed by atoms with Crippen LogP contribution < -0.4 is 0 Å². The summed E-state index contributed by atoms with van der Waals surface area (Å²) in [7, 11) is -3.56. The average Bonchev–Trinajstić information content (AvgIpc) is 3.21. The Balaban J connectivity index is 1.45. The number of hydrogen-bond donors (Lipinski definition) is 0. The van der Waals surface area contributed by atoms with Gasteiger partial charge in [0.15, 0.2) is 5.82 Å². The lowest BCUT2D eigenvalue weighted by Gasteiger charge is -2.29. The van der Waals surface area contributed by atoms with E-state index in [1.165, 1.54) is 10.4 Å². The molecule has 0 saturated carbocycles. The molecule has 6 nitrogen and oxygen atoms in total. The standard InChI is InChI=1S/C21H22ClN3O3S/c1-14-3-6-17(7-4-14)21-23-20(24-28-21)16-9-11-25(12-10-16)29(26,27)18-8-5-15(2)19(22)13-18/h3-8,13,16H,9-12H2,1-2H3. The molecule has 1 aromatic heterocycles. The summed E-state index contributed by atoms with van der Waals surface area (Å²) in [4.78, 5) is 4.77. The maximum atomic E-state index is 12.9. The molecule has 1 saturated heterocycles. The molecule has 3 aromatic rings. The Morgan fingerprint density at radius 1 is 1.07 bits per heavy atom. The van der Waals surface area contributed by atoms with Crippen LogP contribution in [0.25, 0.3) is 11.5 Å². The number of rotatable bonds is 4. The lowest BCUT2D eigenvalue weighted by atomic mass is 9.97. The van der Waals surface area contributed by atoms with Crippen molar-refractivity contribution in [3.05, 3.63) is 64.4 Å². The second kappa shape index (κ2) is 7.89. The third-order valence-corrected chi connectivity index (χ3v) is 7.64. The zero-order chi connectivity index (χ0) is 20.6. The fourth-order valence-corrected chi connectivity index (χ4v) is 5.19. The van der Waals surface area contributed by atoms with E-state index >= 15 is 0 Å². The van der Waals surface area contributed by atoms with Gasteiger partial charge in [0, 0.05) is 29.6 Å². The number of aromatic nitrogens is 2. The van der Waals surface area contributed by atoms with Crippen molar-refractivity contribution >= 4 is 21.6 Å². The number of nitrogens with zero attached hydrogens (tertiary/aromatic N) is 3. The first-order chi connectivity index (χ1) is 13.8. The van der Waals surface area contributed by atoms with Crippen LogP contribution in [0.3, 0.4) is 0 Å². The molecule has 0 bridgehead atoms. The molecule has 2 heterocycles. The second-order valence-corrected chi connectivity index (χ2v) is 9.76. The van der Waals surface area contributed by atoms with Gasteiger partial charge in [-0.1, -0.05) is 40.5 Å². The van der Waals surface area contributed by atoms with Crippen LogP contribution in [0, 0.1) is 13.8 Å². The van der Waals surface area contributed by atoms with E-state index in [4.69, 9.17) is 16.1 Å². The van der Waals surface area contributed by atoms with Gasteiger partial charge in [0.1, 0.15) is 0 Å². The second-order valence-electron chi connectivity index (χ2n) is 7.41. The molecule has 0 radical (unpaired) electrons. The van der Waals surface area contributed by atoms with E-state index in [1.54, 1.807) is 12.1 Å². The van der Waals surface area contributed by atoms with Gasteiger partial charge < -0.3 is 4.52 Å². The monoisotopic (exact) mass is 431 g/mol. The number of aryl methyl sites for hydroxylation is 2. The van der Waals surface area contributed by atoms with Crippen LogP contribution in [0.5, 0.6) is 0 Å². The molecule has 4 rings (SSSR count). The lowest BCUT2D eigenvalue weighted by Crippen LogP contribution is -2.38. The molecule has 0 N–H and O–H groups in total. The summed E-state index contributed by atoms with van der Waals surface area (Å²) in [5.74, 6) is 1.20. The molecule has 1 aliphatic rings. The maximum absolute atomic E-state index is 12.9. The Kier molecular flexibility index (Phi) is 5.46. The first-order valence-corrected chi connectivity index (χ1v) is 11.3. The molecular weight excluding hydrogens is 410 g/mol. The van der Waals surface area contributed by atoms with Gasteiger partial charge in [0.25, 0.3) is 5.89 Å². The fourth-order valence-electron chi connectivity index (χ4n) is 3.45. The molecule has 0 atom stereocenters. The third-order valence-electron chi connectivity index (χ3n) is 5.34. The van der Waals surface area contributed by atoms with Gasteiger partial charge in [-0.3, -0.25) is 0 Å². The summed E-state index contributed by atoms with van der Waals surface area (Å²) in [6, 6.07) is 12.8. The predicted molar refractivity (Wildman–Crippen MR) is 111 cm³/mol. The highest BCUT2D eigenvalue weighted by Crippen LogP contribution is 2.31. The van der Waals surface area contributed by atoms with Crippen LogP contribution in [-0.2, 0) is 10.0 Å². The highest BCUT2D eigenvalue weighted by molar-refractivity contribution is 7.89. The van der Waals surface area contributed by atoms with Gasteiger partial charge in [-0.15, -0.1) is 0 Å². The molecule has 152 valence electrons. The highest BCUT2D eigenvalue weighted by atomic mass is 35.5. The smallest absolute Gasteiger partial charge is 0.257 e. The molecule has 1 fully saturated rings. The van der Waals surface area contributed by atoms with Crippen LogP contribution in [-0.4, -0.2) is 36.0 Å². The predicted octanol–water partition coefficient (Wildman–Crippen LogP) is 4.58. The molecule has 0 spiro atoms. The van der Waals surface area contributed by atoms with E-state index in [2.05, 4.69) is 10.1 Å². The van der Waals surface area contributed by atoms with Gasteiger partial charge in [-0.2, -0.15) is 9.29 Å². The Morgan fingerprint density at radius 3 is 2.41 bits per heavy atom. The Morgan fingerprint density at radius 2 is 1.76 bits per heavy atom. The molecule has 8 heteroatoms. The largest absolute Gasteiger partial charge is 0.334 e. The van der Waals surface area contributed by atoms with Crippen LogP contribution >= 0.6 is 11.6 Å². The van der Waals surface area contributed by atoms with Crippen LogP contribution in [0.4, 0.5) is 0 Å². The molecule has 1 aliphatic heterocycles. The van der Waals surface area contributed by atoms with Crippen LogP contribution in [0.1, 0.15) is 35.7 Å². The summed E-state index contributed by atoms with van der Waals surface area (Å²) in [6.45, 7) is 4.69. The molecule has 2 aromatic carbocycles. The topological polar surface area (TPSA) is 76.3 Å². The van der Waals surface area contributed by atoms with Gasteiger partial charge in [-0.05, 0) is 56.5 Å². The number of hydrogen-bond acceptors (Lipinski definition) is 5. The van der Waals surface area contributed by atoms with E-state index in [9.17, 15) is 8.42 Å². The van der Waals surface area contributed by atoms with E-state index in [0.29, 0.717) is 42.7 Å². The van der Waals surface area contributed by atoms with Crippen LogP contribution in [0.15, 0.2) is 51.9 Å². The first kappa shape index (κ1) is 20.1. The number of benzene rings is 2. The Hall–Kier alpha value is -2.22. The minimum absolute atomic E-state index is 0.0750. The third kappa shape index (κ3) is 4.08. The fraction of sp³-hybridized carbons (Fsp3) is 0.333. The quantitative estimate of drug-likeness (QED) is 0.604. The molecule has 0 aliphatic carbocycles. The van der Waals surface area contributed by atoms with Gasteiger partial charge >= 0.3 is 0 Å². The zero-order valence-electron chi connectivity index (χ0n) is 16.3. The summed E-state index contributed by atoms with van der Waals surface area (Å²) < 4.78 is 32.8. The highest BCUT2D eigenvalue weighted by Gasteiger charge is 2.32. The summed E-state index contributed by atoms with van der Waals surface area (Å²) >= 11 is 6.11. The van der Waals surface area contributed by atoms with Crippen LogP contribution in [0.2, 0.25) is 5.02 Å². The number of sulfonamides is 1. The van der Waals surface area contributed by atoms with Gasteiger partial charge in [-0.25, -0.2) is 8.42 Å². The lowest BCUT2D eigenvalue weighted by molar-refractivity contribution is 0.307. The summed E-state index contributed by atoms with van der Waals surface area (Å²) in [5, 5.41) is 4.59. The van der Waals surface area contributed by atoms with Gasteiger partial charge in [0.2, 0.25) is 10.0 Å². The van der Waals surface area contributed by atoms with Crippen molar-refractivity contribution in [1.82, 2.24) is 14.4 Å². The van der Waals surface area contributed by atoms with E-state index < -0.39 is 10.0 Å². The molecule has 29 heavy (non-hydrogen) atoms. The van der Waals surface area contributed by atoms with Crippen molar-refractivity contribution in [1.29, 1.82) is 0 Å². The first-order valence-electron chi connectivity index (χ1n) is 9.51. The van der Waals surface area contributed by atoms with Crippen molar-refractivity contribution in [3.8, 4) is 11.5 Å². The number of halogens is 1. The zero-order valence-corrected chi connectivity index (χ0v) is 17.9. The minimum atomic E-state index is -3.56. The minimum Gasteiger partial charge on any atom is -0.334 e. The molecule has 0 unspecified atom stereocenters. The summed E-state index contributed by atoms with van der Waals surface area (Å²) in [6.07, 6.45) is 1.29. The van der Waals surface area contributed by atoms with E-state index in [-0.39, 0.29) is 10.8 Å². The Bertz CT molecular complexity index is 1120. The van der Waals surface area contributed by atoms with Crippen molar-refractivity contribution in [2.24, 2.45) is 0 Å². The van der Waals surface area contributed by atoms with Crippen molar-refractivity contribution < 1.29 is 12.9 Å². The van der Waals surface area contributed by atoms with E-state index in [1.807, 2.05) is 38.1 Å². The normalized spacial score (nSPS) is 16.2. The van der Waals surface area contributed by atoms with E-state index in [0.717, 1.165) is 16.7 Å². The SMILES string of the molecule is Cc1ccc(-c2nc(C3CCN(S(=O)(=O)c4ccc(C)c(Cl)c4)CC3)no2)cc1. The van der Waals surface area contributed by atoms with Crippen molar-refractivity contribution in [2.45, 2.75) is 37.5 Å². The van der Waals surface area contributed by atoms with Crippen molar-refractivity contribution in [3.63, 3.8) is 0 Å². The summed E-state index contributed by atoms with van der Waals surface area (Å²) in [5.41, 5.74) is 2.90. The number of piperidine rings is 1. The maximum Gasteiger partial charge on any atom is 0.257 e. The Labute approximate surface area is 175 Å². The van der Waals surface area contributed by atoms with Crippen molar-refractivity contribution in [2.75, 3.05) is 13.1 Å².